The minimum atomic E-state index is -1.16. The van der Waals surface area contributed by atoms with Crippen molar-refractivity contribution in [2.45, 2.75) is 197 Å². The second kappa shape index (κ2) is 19.5. The van der Waals surface area contributed by atoms with Gasteiger partial charge < -0.3 is 42.4 Å². The lowest BCUT2D eigenvalue weighted by atomic mass is 9.32. The predicted octanol–water partition coefficient (Wildman–Crippen LogP) is 8.05. The van der Waals surface area contributed by atoms with E-state index >= 15 is 4.79 Å². The van der Waals surface area contributed by atoms with Gasteiger partial charge in [0, 0.05) is 37.0 Å². The van der Waals surface area contributed by atoms with Crippen molar-refractivity contribution in [2.24, 2.45) is 95.6 Å². The fourth-order valence-electron chi connectivity index (χ4n) is 16.2. The minimum Gasteiger partial charge on any atom is -0.481 e. The van der Waals surface area contributed by atoms with Gasteiger partial charge in [0.15, 0.2) is 5.96 Å². The average molecular weight is 951 g/mol. The number of nitrogens with two attached hydrogens (primary N) is 3. The molecule has 1 heterocycles. The summed E-state index contributed by atoms with van der Waals surface area (Å²) in [4.78, 5) is 69.5. The smallest absolute Gasteiger partial charge is 0.320 e. The Balaban J connectivity index is 0.000000559. The van der Waals surface area contributed by atoms with E-state index in [9.17, 15) is 24.3 Å². The molecule has 7 aliphatic rings. The average Bonchev–Trinajstić information content (AvgIpc) is 3.66. The number of guanidine groups is 1. The number of rotatable bonds is 13. The molecule has 0 aromatic carbocycles. The molecule has 9 N–H and O–H groups in total. The van der Waals surface area contributed by atoms with Gasteiger partial charge in [-0.2, -0.15) is 0 Å². The number of carbonyl (C=O) groups excluding carboxylic acids is 3. The number of piperidine rings is 1. The normalized spacial score (nSPS) is 38.2. The minimum absolute atomic E-state index is 0.0129. The van der Waals surface area contributed by atoms with Crippen molar-refractivity contribution in [3.05, 3.63) is 12.2 Å². The van der Waals surface area contributed by atoms with Crippen LogP contribution in [0.3, 0.4) is 0 Å². The highest BCUT2D eigenvalue weighted by Crippen LogP contribution is 2.77. The molecule has 0 aromatic heterocycles. The van der Waals surface area contributed by atoms with Gasteiger partial charge in [0.25, 0.3) is 0 Å². The molecule has 0 spiro atoms. The number of carbonyl (C=O) groups is 5. The first-order valence-corrected chi connectivity index (χ1v) is 26.2. The van der Waals surface area contributed by atoms with Crippen molar-refractivity contribution in [1.82, 2.24) is 10.2 Å². The molecular weight excluding hydrogens is 861 g/mol. The highest BCUT2D eigenvalue weighted by atomic mass is 16.5. The highest BCUT2D eigenvalue weighted by molar-refractivity contribution is 5.86. The zero-order valence-corrected chi connectivity index (χ0v) is 43.5. The molecule has 0 radical (unpaired) electrons. The lowest BCUT2D eigenvalue weighted by Crippen LogP contribution is -2.68. The van der Waals surface area contributed by atoms with E-state index in [2.05, 4.69) is 77.2 Å². The highest BCUT2D eigenvalue weighted by Gasteiger charge is 2.72. The second-order valence-corrected chi connectivity index (χ2v) is 25.5. The maximum absolute atomic E-state index is 15.0. The maximum atomic E-state index is 15.0. The zero-order valence-electron chi connectivity index (χ0n) is 43.5. The number of nitrogens with one attached hydrogen (secondary N) is 1. The number of likely N-dealkylation sites (tertiary alicyclic amines) is 1. The van der Waals surface area contributed by atoms with E-state index < -0.39 is 34.8 Å². The van der Waals surface area contributed by atoms with Crippen LogP contribution >= 0.6 is 0 Å². The van der Waals surface area contributed by atoms with E-state index in [-0.39, 0.29) is 69.3 Å². The van der Waals surface area contributed by atoms with Crippen molar-refractivity contribution in [1.29, 1.82) is 0 Å². The molecule has 7 rings (SSSR count). The van der Waals surface area contributed by atoms with E-state index in [1.54, 1.807) is 13.8 Å². The van der Waals surface area contributed by atoms with Crippen LogP contribution < -0.4 is 22.5 Å². The Morgan fingerprint density at radius 2 is 1.50 bits per heavy atom. The molecule has 0 bridgehead atoms. The van der Waals surface area contributed by atoms with Gasteiger partial charge in [-0.3, -0.25) is 29.0 Å². The van der Waals surface area contributed by atoms with Gasteiger partial charge in [0.05, 0.1) is 17.3 Å². The molecule has 0 aromatic rings. The quantitative estimate of drug-likeness (QED) is 0.0339. The molecular formula is C54H90N6O8. The van der Waals surface area contributed by atoms with E-state index in [1.807, 2.05) is 0 Å². The SMILES string of the molecule is C=C(C)[C@@H]1CC[C@]2(C(=O)N[C@@H]3C[C@H](C(=O)N4CCCCC4)C3(C)C)CC[C@]3(C)C(CCC4[C@@]5(C)CC[C@H](OC(=O)CC(C)(C)C(=O)O)C(C)(C)C5CC[C@]43C)C12.NC(N)=NCCC[C@H](N)C(=O)O. The second-order valence-electron chi connectivity index (χ2n) is 25.5. The molecule has 7 fully saturated rings. The predicted molar refractivity (Wildman–Crippen MR) is 265 cm³/mol. The summed E-state index contributed by atoms with van der Waals surface area (Å²) in [6.07, 6.45) is 15.0. The number of hydrogen-bond acceptors (Lipinski definition) is 8. The lowest BCUT2D eigenvalue weighted by molar-refractivity contribution is -0.249. The third kappa shape index (κ3) is 9.47. The van der Waals surface area contributed by atoms with Gasteiger partial charge in [0.1, 0.15) is 12.1 Å². The Morgan fingerprint density at radius 1 is 0.838 bits per heavy atom. The van der Waals surface area contributed by atoms with Crippen LogP contribution in [-0.4, -0.2) is 88.6 Å². The Labute approximate surface area is 407 Å². The van der Waals surface area contributed by atoms with Gasteiger partial charge in [-0.05, 0) is 175 Å². The van der Waals surface area contributed by atoms with Crippen LogP contribution in [0.25, 0.3) is 0 Å². The largest absolute Gasteiger partial charge is 0.481 e. The number of carboxylic acid groups (broad SMARTS) is 2. The summed E-state index contributed by atoms with van der Waals surface area (Å²) >= 11 is 0. The van der Waals surface area contributed by atoms with Gasteiger partial charge in [-0.1, -0.05) is 60.6 Å². The number of fused-ring (bicyclic) bond motifs is 7. The number of hydrogen-bond donors (Lipinski definition) is 6. The number of aliphatic carboxylic acids is 2. The van der Waals surface area contributed by atoms with E-state index in [4.69, 9.17) is 27.0 Å². The third-order valence-corrected chi connectivity index (χ3v) is 20.7. The summed E-state index contributed by atoms with van der Waals surface area (Å²) < 4.78 is 6.20. The van der Waals surface area contributed by atoms with E-state index in [1.165, 1.54) is 12.0 Å². The summed E-state index contributed by atoms with van der Waals surface area (Å²) in [6, 6.07) is -0.801. The van der Waals surface area contributed by atoms with Gasteiger partial charge in [-0.15, -0.1) is 0 Å². The number of allylic oxidation sites excluding steroid dienone is 1. The zero-order chi connectivity index (χ0) is 50.6. The molecule has 68 heavy (non-hydrogen) atoms. The number of nitrogens with zero attached hydrogens (tertiary/aromatic N) is 2. The Kier molecular flexibility index (Phi) is 15.4. The van der Waals surface area contributed by atoms with Crippen LogP contribution in [0.4, 0.5) is 0 Å². The van der Waals surface area contributed by atoms with E-state index in [0.29, 0.717) is 49.0 Å². The molecule has 6 saturated carbocycles. The summed E-state index contributed by atoms with van der Waals surface area (Å²) in [5.74, 6) is 0.134. The molecule has 1 saturated heterocycles. The van der Waals surface area contributed by atoms with Crippen LogP contribution in [0.2, 0.25) is 0 Å². The molecule has 4 unspecified atom stereocenters. The van der Waals surface area contributed by atoms with E-state index in [0.717, 1.165) is 96.6 Å². The van der Waals surface area contributed by atoms with Crippen molar-refractivity contribution >= 4 is 35.7 Å². The Hall–Kier alpha value is -3.68. The molecule has 2 amide bonds. The van der Waals surface area contributed by atoms with Gasteiger partial charge in [-0.25, -0.2) is 0 Å². The van der Waals surface area contributed by atoms with Crippen LogP contribution in [0.15, 0.2) is 17.1 Å². The van der Waals surface area contributed by atoms with Crippen molar-refractivity contribution < 1.29 is 38.9 Å². The number of amides is 2. The van der Waals surface area contributed by atoms with Crippen LogP contribution in [0.1, 0.15) is 178 Å². The molecule has 6 aliphatic carbocycles. The van der Waals surface area contributed by atoms with Gasteiger partial charge >= 0.3 is 17.9 Å². The third-order valence-electron chi connectivity index (χ3n) is 20.7. The fourth-order valence-corrected chi connectivity index (χ4v) is 16.2. The number of ether oxygens (including phenoxy) is 1. The monoisotopic (exact) mass is 951 g/mol. The van der Waals surface area contributed by atoms with Crippen LogP contribution in [-0.2, 0) is 28.7 Å². The Bertz CT molecular complexity index is 1970. The molecule has 14 heteroatoms. The number of aliphatic imine (C=N–C) groups is 1. The number of carboxylic acids is 2. The first-order valence-electron chi connectivity index (χ1n) is 26.2. The topological polar surface area (TPSA) is 241 Å². The summed E-state index contributed by atoms with van der Waals surface area (Å²) in [5.41, 5.74) is 14.8. The van der Waals surface area contributed by atoms with Crippen LogP contribution in [0.5, 0.6) is 0 Å². The summed E-state index contributed by atoms with van der Waals surface area (Å²) in [5, 5.41) is 21.7. The number of esters is 1. The van der Waals surface area contributed by atoms with Crippen molar-refractivity contribution in [2.75, 3.05) is 19.6 Å². The maximum Gasteiger partial charge on any atom is 0.320 e. The van der Waals surface area contributed by atoms with Crippen LogP contribution in [0, 0.1) is 73.4 Å². The molecule has 1 aliphatic heterocycles. The van der Waals surface area contributed by atoms with Crippen molar-refractivity contribution in [3.8, 4) is 0 Å². The summed E-state index contributed by atoms with van der Waals surface area (Å²) in [6.45, 7) is 28.9. The van der Waals surface area contributed by atoms with Gasteiger partial charge in [0.2, 0.25) is 11.8 Å². The molecule has 384 valence electrons. The standard InChI is InChI=1S/C48H76N2O6.C6H14N4O2/c1-29(2)30-17-22-48(40(53)49-35-27-32(43(35,5)6)39(52)50-25-13-12-14-26-50)24-23-46(10)31(38(30)48)15-16-34-45(9)20-19-36(56-37(51)28-42(3,4)41(54)55)44(7,8)33(45)18-21-47(34,46)11;7-4(5(11)12)2-1-3-10-6(8)9/h30-36,38H,1,12-28H2,2-11H3,(H,49,53)(H,54,55);4H,1-3,7H2,(H,11,12)(H4,8,9,10)/t30-,31?,32+,33?,34?,35+,36-,38?,45-,46+,47+,48-;4-/m00/s1. The molecule has 13 atom stereocenters. The molecule has 14 nitrogen and oxygen atoms in total. The van der Waals surface area contributed by atoms with Crippen molar-refractivity contribution in [3.63, 3.8) is 0 Å². The summed E-state index contributed by atoms with van der Waals surface area (Å²) in [7, 11) is 0. The Morgan fingerprint density at radius 3 is 2.09 bits per heavy atom. The lowest BCUT2D eigenvalue weighted by Gasteiger charge is -2.73. The first kappa shape index (κ1) is 53.7. The fraction of sp³-hybridized carbons (Fsp3) is 0.852. The first-order chi connectivity index (χ1) is 31.5.